The molecule has 0 fully saturated rings. The molecule has 28 heavy (non-hydrogen) atoms. The van der Waals surface area contributed by atoms with E-state index >= 15 is 0 Å². The molecule has 0 bridgehead atoms. The number of anilines is 2. The van der Waals surface area contributed by atoms with Gasteiger partial charge in [0.05, 0.1) is 17.1 Å². The molecule has 0 aliphatic rings. The van der Waals surface area contributed by atoms with Crippen LogP contribution in [0.4, 0.5) is 11.4 Å². The number of sulfonamides is 1. The lowest BCUT2D eigenvalue weighted by Crippen LogP contribution is -2.15. The van der Waals surface area contributed by atoms with E-state index in [2.05, 4.69) is 10.0 Å². The van der Waals surface area contributed by atoms with Gasteiger partial charge in [0.1, 0.15) is 5.75 Å². The molecule has 3 aromatic rings. The number of hydrogen-bond donors (Lipinski definition) is 2. The van der Waals surface area contributed by atoms with E-state index in [1.807, 2.05) is 6.92 Å². The molecule has 0 unspecified atom stereocenters. The third-order valence-electron chi connectivity index (χ3n) is 3.88. The zero-order valence-electron chi connectivity index (χ0n) is 15.3. The van der Waals surface area contributed by atoms with Crippen molar-refractivity contribution in [2.75, 3.05) is 16.6 Å². The second-order valence-corrected chi connectivity index (χ2v) is 7.56. The smallest absolute Gasteiger partial charge is 0.261 e. The molecule has 7 heteroatoms. The fourth-order valence-corrected chi connectivity index (χ4v) is 3.63. The van der Waals surface area contributed by atoms with E-state index in [0.29, 0.717) is 29.3 Å². The van der Waals surface area contributed by atoms with Crippen LogP contribution in [0.3, 0.4) is 0 Å². The average molecular weight is 396 g/mol. The van der Waals surface area contributed by atoms with E-state index in [0.717, 1.165) is 0 Å². The molecular weight excluding hydrogens is 376 g/mol. The van der Waals surface area contributed by atoms with Crippen LogP contribution in [0.2, 0.25) is 0 Å². The molecule has 0 aromatic heterocycles. The fraction of sp³-hybridized carbons (Fsp3) is 0.0952. The van der Waals surface area contributed by atoms with Gasteiger partial charge in [0, 0.05) is 11.4 Å². The first-order valence-corrected chi connectivity index (χ1v) is 10.2. The molecule has 6 nitrogen and oxygen atoms in total. The van der Waals surface area contributed by atoms with E-state index in [-0.39, 0.29) is 10.8 Å². The largest absolute Gasteiger partial charge is 0.493 e. The lowest BCUT2D eigenvalue weighted by molar-refractivity contribution is 0.102. The summed E-state index contributed by atoms with van der Waals surface area (Å²) >= 11 is 0. The second-order valence-electron chi connectivity index (χ2n) is 5.88. The van der Waals surface area contributed by atoms with Gasteiger partial charge < -0.3 is 10.1 Å². The molecule has 2 N–H and O–H groups in total. The molecular formula is C21H20N2O4S. The Morgan fingerprint density at radius 2 is 1.50 bits per heavy atom. The highest BCUT2D eigenvalue weighted by atomic mass is 32.2. The number of carbonyl (C=O) groups excluding carboxylic acids is 1. The average Bonchev–Trinajstić information content (AvgIpc) is 2.69. The van der Waals surface area contributed by atoms with Crippen molar-refractivity contribution in [3.63, 3.8) is 0 Å². The maximum absolute atomic E-state index is 12.5. The molecule has 0 saturated carbocycles. The molecule has 0 saturated heterocycles. The number of para-hydroxylation sites is 2. The van der Waals surface area contributed by atoms with Crippen LogP contribution in [0, 0.1) is 0 Å². The zero-order chi connectivity index (χ0) is 20.0. The van der Waals surface area contributed by atoms with Crippen molar-refractivity contribution in [1.29, 1.82) is 0 Å². The van der Waals surface area contributed by atoms with Crippen LogP contribution < -0.4 is 14.8 Å². The van der Waals surface area contributed by atoms with Gasteiger partial charge in [-0.2, -0.15) is 0 Å². The summed E-state index contributed by atoms with van der Waals surface area (Å²) in [5.74, 6) is 0.163. The van der Waals surface area contributed by atoms with Gasteiger partial charge in [-0.25, -0.2) is 8.42 Å². The van der Waals surface area contributed by atoms with Gasteiger partial charge >= 0.3 is 0 Å². The highest BCUT2D eigenvalue weighted by molar-refractivity contribution is 7.92. The van der Waals surface area contributed by atoms with E-state index < -0.39 is 10.0 Å². The van der Waals surface area contributed by atoms with E-state index in [9.17, 15) is 13.2 Å². The van der Waals surface area contributed by atoms with Gasteiger partial charge in [0.2, 0.25) is 0 Å². The quantitative estimate of drug-likeness (QED) is 0.629. The third kappa shape index (κ3) is 4.69. The SMILES string of the molecule is CCOc1ccccc1C(=O)Nc1ccc(S(=O)(=O)Nc2ccccc2)cc1. The summed E-state index contributed by atoms with van der Waals surface area (Å²) in [5.41, 5.74) is 1.37. The molecule has 0 aliphatic carbocycles. The van der Waals surface area contributed by atoms with Crippen molar-refractivity contribution in [3.8, 4) is 5.75 Å². The van der Waals surface area contributed by atoms with Crippen molar-refractivity contribution in [2.45, 2.75) is 11.8 Å². The fourth-order valence-electron chi connectivity index (χ4n) is 2.57. The number of nitrogens with one attached hydrogen (secondary N) is 2. The van der Waals surface area contributed by atoms with Gasteiger partial charge in [0.25, 0.3) is 15.9 Å². The van der Waals surface area contributed by atoms with Gasteiger partial charge in [-0.1, -0.05) is 30.3 Å². The predicted molar refractivity (Wildman–Crippen MR) is 109 cm³/mol. The van der Waals surface area contributed by atoms with Gasteiger partial charge in [-0.3, -0.25) is 9.52 Å². The number of benzene rings is 3. The van der Waals surface area contributed by atoms with Crippen molar-refractivity contribution in [1.82, 2.24) is 0 Å². The van der Waals surface area contributed by atoms with Crippen LogP contribution in [0.1, 0.15) is 17.3 Å². The Morgan fingerprint density at radius 3 is 2.18 bits per heavy atom. The van der Waals surface area contributed by atoms with E-state index in [4.69, 9.17) is 4.74 Å². The van der Waals surface area contributed by atoms with Crippen LogP contribution in [-0.2, 0) is 10.0 Å². The Morgan fingerprint density at radius 1 is 0.857 bits per heavy atom. The molecule has 0 radical (unpaired) electrons. The Balaban J connectivity index is 1.73. The molecule has 1 amide bonds. The highest BCUT2D eigenvalue weighted by Gasteiger charge is 2.15. The summed E-state index contributed by atoms with van der Waals surface area (Å²) < 4.78 is 32.9. The minimum Gasteiger partial charge on any atom is -0.493 e. The molecule has 0 spiro atoms. The first-order valence-electron chi connectivity index (χ1n) is 8.71. The summed E-state index contributed by atoms with van der Waals surface area (Å²) in [6.45, 7) is 2.29. The molecule has 0 atom stereocenters. The van der Waals surface area contributed by atoms with Crippen LogP contribution >= 0.6 is 0 Å². The molecule has 0 heterocycles. The first-order chi connectivity index (χ1) is 13.5. The maximum Gasteiger partial charge on any atom is 0.261 e. The van der Waals surface area contributed by atoms with Crippen molar-refractivity contribution in [2.24, 2.45) is 0 Å². The molecule has 0 aliphatic heterocycles. The van der Waals surface area contributed by atoms with Crippen molar-refractivity contribution >= 4 is 27.3 Å². The predicted octanol–water partition coefficient (Wildman–Crippen LogP) is 4.14. The topological polar surface area (TPSA) is 84.5 Å². The lowest BCUT2D eigenvalue weighted by Gasteiger charge is -2.11. The Bertz CT molecular complexity index is 1050. The Hall–Kier alpha value is -3.32. The van der Waals surface area contributed by atoms with E-state index in [1.165, 1.54) is 12.1 Å². The van der Waals surface area contributed by atoms with E-state index in [1.54, 1.807) is 66.7 Å². The number of ether oxygens (including phenoxy) is 1. The minimum absolute atomic E-state index is 0.101. The lowest BCUT2D eigenvalue weighted by atomic mass is 10.2. The normalized spacial score (nSPS) is 10.9. The van der Waals surface area contributed by atoms with Gasteiger partial charge in [0.15, 0.2) is 0 Å². The van der Waals surface area contributed by atoms with Gasteiger partial charge in [-0.05, 0) is 55.5 Å². The minimum atomic E-state index is -3.71. The zero-order valence-corrected chi connectivity index (χ0v) is 16.1. The Labute approximate surface area is 164 Å². The Kier molecular flexibility index (Phi) is 5.96. The third-order valence-corrected chi connectivity index (χ3v) is 5.28. The maximum atomic E-state index is 12.5. The van der Waals surface area contributed by atoms with Crippen LogP contribution in [0.25, 0.3) is 0 Å². The summed E-state index contributed by atoms with van der Waals surface area (Å²) in [7, 11) is -3.71. The standard InChI is InChI=1S/C21H20N2O4S/c1-2-27-20-11-7-6-10-19(20)21(24)22-16-12-14-18(15-13-16)28(25,26)23-17-8-4-3-5-9-17/h3-15,23H,2H2,1H3,(H,22,24). The number of amides is 1. The molecule has 3 aromatic carbocycles. The van der Waals surface area contributed by atoms with Crippen LogP contribution in [0.15, 0.2) is 83.8 Å². The number of rotatable bonds is 7. The number of hydrogen-bond acceptors (Lipinski definition) is 4. The second kappa shape index (κ2) is 8.58. The highest BCUT2D eigenvalue weighted by Crippen LogP contribution is 2.21. The van der Waals surface area contributed by atoms with Gasteiger partial charge in [-0.15, -0.1) is 0 Å². The summed E-state index contributed by atoms with van der Waals surface area (Å²) in [5, 5.41) is 2.75. The summed E-state index contributed by atoms with van der Waals surface area (Å²) in [4.78, 5) is 12.6. The van der Waals surface area contributed by atoms with Crippen LogP contribution in [-0.4, -0.2) is 20.9 Å². The number of carbonyl (C=O) groups is 1. The first kappa shape index (κ1) is 19.4. The molecule has 144 valence electrons. The van der Waals surface area contributed by atoms with Crippen LogP contribution in [0.5, 0.6) is 5.75 Å². The monoisotopic (exact) mass is 396 g/mol. The molecule has 3 rings (SSSR count). The van der Waals surface area contributed by atoms with Crippen molar-refractivity contribution < 1.29 is 17.9 Å². The summed E-state index contributed by atoms with van der Waals surface area (Å²) in [6.07, 6.45) is 0. The summed E-state index contributed by atoms with van der Waals surface area (Å²) in [6, 6.07) is 21.5. The van der Waals surface area contributed by atoms with Crippen molar-refractivity contribution in [3.05, 3.63) is 84.4 Å².